The van der Waals surface area contributed by atoms with Crippen molar-refractivity contribution in [1.29, 1.82) is 0 Å². The highest BCUT2D eigenvalue weighted by atomic mass is 35.5. The number of hydrogen-bond donors (Lipinski definition) is 2. The first-order valence-electron chi connectivity index (χ1n) is 14.9. The normalized spacial score (nSPS) is 27.3. The Labute approximate surface area is 255 Å². The molecule has 2 aromatic carbocycles. The predicted molar refractivity (Wildman–Crippen MR) is 163 cm³/mol. The number of halogens is 4. The summed E-state index contributed by atoms with van der Waals surface area (Å²) in [5, 5.41) is 4.30. The van der Waals surface area contributed by atoms with Crippen LogP contribution in [0.5, 0.6) is 6.01 Å². The van der Waals surface area contributed by atoms with E-state index in [1.165, 1.54) is 12.1 Å². The van der Waals surface area contributed by atoms with Crippen LogP contribution in [0.1, 0.15) is 38.5 Å². The number of nitrogen functional groups attached to an aromatic ring is 1. The monoisotopic (exact) mass is 629 g/mol. The van der Waals surface area contributed by atoms with Gasteiger partial charge in [-0.15, -0.1) is 0 Å². The maximum atomic E-state index is 16.8. The number of rotatable bonds is 5. The molecule has 0 saturated carbocycles. The van der Waals surface area contributed by atoms with Crippen LogP contribution in [0, 0.1) is 11.6 Å². The number of alkyl halides is 1. The summed E-state index contributed by atoms with van der Waals surface area (Å²) in [7, 11) is 0. The summed E-state index contributed by atoms with van der Waals surface area (Å²) in [6, 6.07) is 4.89. The van der Waals surface area contributed by atoms with E-state index in [4.69, 9.17) is 27.1 Å². The molecule has 4 saturated heterocycles. The zero-order chi connectivity index (χ0) is 29.5. The number of ether oxygens (including phenoxy) is 1. The van der Waals surface area contributed by atoms with Crippen molar-refractivity contribution >= 4 is 55.0 Å². The molecule has 0 amide bonds. The van der Waals surface area contributed by atoms with Crippen LogP contribution in [0.25, 0.3) is 32.2 Å². The van der Waals surface area contributed by atoms with E-state index in [-0.39, 0.29) is 56.2 Å². The SMILES string of the molecule is Nc1nc2c(-c3c(Cl)cc4c(N5C6CCNCC5CC6)nc(OC[C@@]56CCCN5C[C@H](F)C6)nc4c3F)ccc(F)c2s1. The molecular weight excluding hydrogens is 599 g/mol. The van der Waals surface area contributed by atoms with Crippen LogP contribution in [0.3, 0.4) is 0 Å². The Morgan fingerprint density at radius 3 is 2.88 bits per heavy atom. The third-order valence-corrected chi connectivity index (χ3v) is 10.9. The minimum absolute atomic E-state index is 0.0527. The first-order valence-corrected chi connectivity index (χ1v) is 16.1. The largest absolute Gasteiger partial charge is 0.461 e. The fourth-order valence-corrected chi connectivity index (χ4v) is 8.90. The Morgan fingerprint density at radius 1 is 1.14 bits per heavy atom. The summed E-state index contributed by atoms with van der Waals surface area (Å²) in [5.74, 6) is -0.569. The maximum Gasteiger partial charge on any atom is 0.319 e. The van der Waals surface area contributed by atoms with Gasteiger partial charge in [-0.1, -0.05) is 22.9 Å². The molecule has 226 valence electrons. The van der Waals surface area contributed by atoms with Crippen LogP contribution in [-0.2, 0) is 0 Å². The summed E-state index contributed by atoms with van der Waals surface area (Å²) in [4.78, 5) is 18.2. The van der Waals surface area contributed by atoms with Crippen molar-refractivity contribution in [2.75, 3.05) is 43.4 Å². The second-order valence-corrected chi connectivity index (χ2v) is 13.7. The Bertz CT molecular complexity index is 1740. The number of nitrogens with one attached hydrogen (secondary N) is 1. The van der Waals surface area contributed by atoms with E-state index in [0.29, 0.717) is 29.7 Å². The smallest absolute Gasteiger partial charge is 0.319 e. The van der Waals surface area contributed by atoms with Gasteiger partial charge in [-0.25, -0.2) is 18.2 Å². The minimum Gasteiger partial charge on any atom is -0.461 e. The summed E-state index contributed by atoms with van der Waals surface area (Å²) < 4.78 is 52.4. The van der Waals surface area contributed by atoms with Crippen LogP contribution in [0.2, 0.25) is 5.02 Å². The molecular formula is C30H31ClF3N7OS. The second kappa shape index (κ2) is 10.3. The Hall–Kier alpha value is -2.93. The number of anilines is 2. The average molecular weight is 630 g/mol. The number of aromatic nitrogens is 3. The van der Waals surface area contributed by atoms with Crippen LogP contribution < -0.4 is 20.7 Å². The van der Waals surface area contributed by atoms with Crippen LogP contribution in [0.4, 0.5) is 24.1 Å². The van der Waals surface area contributed by atoms with Gasteiger partial charge < -0.3 is 20.7 Å². The minimum atomic E-state index is -0.897. The lowest BCUT2D eigenvalue weighted by Gasteiger charge is -2.32. The van der Waals surface area contributed by atoms with Crippen molar-refractivity contribution in [3.63, 3.8) is 0 Å². The molecule has 4 aliphatic rings. The number of nitrogens with two attached hydrogens (primary N) is 1. The highest BCUT2D eigenvalue weighted by Gasteiger charge is 2.49. The standard InChI is InChI=1S/C30H31ClF3N7OS/c31-20-10-19-24(23(34)22(20)18-4-5-21(33)26-25(18)37-28(35)43-26)38-29(42-14-30-7-1-9-40(30)13-15(32)11-30)39-27(19)41-16-2-3-17(41)12-36-8-6-16/h4-5,10,15-17,36H,1-3,6-9,11-14H2,(H2,35,37)/t15-,16?,17?,30+/m1/s1. The van der Waals surface area contributed by atoms with E-state index in [2.05, 4.69) is 25.1 Å². The van der Waals surface area contributed by atoms with Gasteiger partial charge in [0.25, 0.3) is 0 Å². The highest BCUT2D eigenvalue weighted by molar-refractivity contribution is 7.22. The van der Waals surface area contributed by atoms with Crippen molar-refractivity contribution in [3.8, 4) is 17.1 Å². The molecule has 6 heterocycles. The zero-order valence-electron chi connectivity index (χ0n) is 23.4. The van der Waals surface area contributed by atoms with Crippen LogP contribution in [-0.4, -0.2) is 76.4 Å². The Kier molecular flexibility index (Phi) is 6.63. The van der Waals surface area contributed by atoms with Crippen molar-refractivity contribution in [2.45, 2.75) is 62.3 Å². The maximum absolute atomic E-state index is 16.8. The van der Waals surface area contributed by atoms with Crippen LogP contribution >= 0.6 is 22.9 Å². The Balaban J connectivity index is 1.29. The number of benzene rings is 2. The molecule has 13 heteroatoms. The number of hydrogen-bond acceptors (Lipinski definition) is 9. The first-order chi connectivity index (χ1) is 20.8. The molecule has 2 aromatic heterocycles. The lowest BCUT2D eigenvalue weighted by atomic mass is 9.95. The van der Waals surface area contributed by atoms with E-state index < -0.39 is 23.3 Å². The van der Waals surface area contributed by atoms with Gasteiger partial charge >= 0.3 is 6.01 Å². The van der Waals surface area contributed by atoms with E-state index in [9.17, 15) is 8.78 Å². The van der Waals surface area contributed by atoms with Crippen molar-refractivity contribution in [3.05, 3.63) is 34.9 Å². The van der Waals surface area contributed by atoms with Gasteiger partial charge in [0.05, 0.1) is 20.8 Å². The fraction of sp³-hybridized carbons (Fsp3) is 0.500. The van der Waals surface area contributed by atoms with E-state index in [1.54, 1.807) is 6.07 Å². The molecule has 0 aliphatic carbocycles. The predicted octanol–water partition coefficient (Wildman–Crippen LogP) is 5.71. The summed E-state index contributed by atoms with van der Waals surface area (Å²) in [6.45, 7) is 3.15. The molecule has 4 aromatic rings. The van der Waals surface area contributed by atoms with Gasteiger partial charge in [0, 0.05) is 48.1 Å². The highest BCUT2D eigenvalue weighted by Crippen LogP contribution is 2.45. The molecule has 3 N–H and O–H groups in total. The molecule has 0 radical (unpaired) electrons. The molecule has 2 bridgehead atoms. The molecule has 4 atom stereocenters. The quantitative estimate of drug-likeness (QED) is 0.290. The van der Waals surface area contributed by atoms with E-state index in [1.807, 2.05) is 0 Å². The van der Waals surface area contributed by atoms with Gasteiger partial charge in [0.2, 0.25) is 0 Å². The third-order valence-electron chi connectivity index (χ3n) is 9.75. The van der Waals surface area contributed by atoms with E-state index >= 15 is 4.39 Å². The third kappa shape index (κ3) is 4.43. The number of thiazole rings is 1. The van der Waals surface area contributed by atoms with Gasteiger partial charge in [-0.2, -0.15) is 9.97 Å². The van der Waals surface area contributed by atoms with Gasteiger partial charge in [0.1, 0.15) is 29.9 Å². The van der Waals surface area contributed by atoms with Gasteiger partial charge in [0.15, 0.2) is 10.9 Å². The lowest BCUT2D eigenvalue weighted by Crippen LogP contribution is -2.43. The van der Waals surface area contributed by atoms with Crippen molar-refractivity contribution in [1.82, 2.24) is 25.2 Å². The average Bonchev–Trinajstić information content (AvgIpc) is 3.69. The van der Waals surface area contributed by atoms with E-state index in [0.717, 1.165) is 63.1 Å². The molecule has 8 rings (SSSR count). The number of nitrogens with zero attached hydrogens (tertiary/aromatic N) is 5. The summed E-state index contributed by atoms with van der Waals surface area (Å²) >= 11 is 7.83. The summed E-state index contributed by atoms with van der Waals surface area (Å²) in [5.41, 5.74) is 6.21. The molecule has 0 spiro atoms. The van der Waals surface area contributed by atoms with Crippen LogP contribution in [0.15, 0.2) is 18.2 Å². The summed E-state index contributed by atoms with van der Waals surface area (Å²) in [6.07, 6.45) is 4.25. The van der Waals surface area contributed by atoms with Crippen molar-refractivity contribution in [2.24, 2.45) is 0 Å². The first kappa shape index (κ1) is 27.6. The van der Waals surface area contributed by atoms with Crippen molar-refractivity contribution < 1.29 is 17.9 Å². The lowest BCUT2D eigenvalue weighted by molar-refractivity contribution is 0.107. The molecule has 2 unspecified atom stereocenters. The van der Waals surface area contributed by atoms with Gasteiger partial charge in [-0.05, 0) is 63.4 Å². The number of fused-ring (bicyclic) bond motifs is 5. The molecule has 4 aliphatic heterocycles. The second-order valence-electron chi connectivity index (χ2n) is 12.2. The molecule has 43 heavy (non-hydrogen) atoms. The Morgan fingerprint density at radius 2 is 2.00 bits per heavy atom. The molecule has 4 fully saturated rings. The molecule has 8 nitrogen and oxygen atoms in total. The fourth-order valence-electron chi connectivity index (χ4n) is 7.84. The van der Waals surface area contributed by atoms with Gasteiger partial charge in [-0.3, -0.25) is 4.90 Å². The topological polar surface area (TPSA) is 92.4 Å². The zero-order valence-corrected chi connectivity index (χ0v) is 25.0.